The van der Waals surface area contributed by atoms with Crippen LogP contribution in [0, 0.1) is 12.8 Å². The average Bonchev–Trinajstić information content (AvgIpc) is 2.46. The van der Waals surface area contributed by atoms with E-state index >= 15 is 0 Å². The van der Waals surface area contributed by atoms with E-state index < -0.39 is 0 Å². The molecule has 0 radical (unpaired) electrons. The van der Waals surface area contributed by atoms with Crippen molar-refractivity contribution in [2.45, 2.75) is 20.8 Å². The molecule has 72 valence electrons. The summed E-state index contributed by atoms with van der Waals surface area (Å²) >= 11 is 3.48. The molecule has 0 aliphatic carbocycles. The second kappa shape index (κ2) is 4.66. The molecule has 1 aromatic rings. The summed E-state index contributed by atoms with van der Waals surface area (Å²) < 4.78 is 5.35. The Hall–Kier alpha value is -0.500. The number of allylic oxidation sites excluding steroid dienone is 1. The third kappa shape index (κ3) is 2.73. The van der Waals surface area contributed by atoms with Gasteiger partial charge in [-0.3, -0.25) is 0 Å². The minimum absolute atomic E-state index is 0.559. The normalized spacial score (nSPS) is 12.5. The van der Waals surface area contributed by atoms with Crippen molar-refractivity contribution in [3.8, 4) is 0 Å². The van der Waals surface area contributed by atoms with Gasteiger partial charge in [0.05, 0.1) is 6.26 Å². The molecule has 1 rings (SSSR count). The molecule has 0 atom stereocenters. The summed E-state index contributed by atoms with van der Waals surface area (Å²) in [6, 6.07) is 1.98. The lowest BCUT2D eigenvalue weighted by molar-refractivity contribution is 0.553. The standard InChI is InChI=1S/C11H15BrO/c1-8(2)10(7-12)6-11-9(3)4-5-13-11/h4-6,8H,7H2,1-3H3/b10-6+. The number of hydrogen-bond acceptors (Lipinski definition) is 1. The minimum Gasteiger partial charge on any atom is -0.465 e. The summed E-state index contributed by atoms with van der Waals surface area (Å²) in [5.74, 6) is 1.53. The molecule has 0 amide bonds. The molecular weight excluding hydrogens is 228 g/mol. The summed E-state index contributed by atoms with van der Waals surface area (Å²) in [5.41, 5.74) is 2.55. The first-order chi connectivity index (χ1) is 6.15. The zero-order valence-corrected chi connectivity index (χ0v) is 9.89. The Kier molecular flexibility index (Phi) is 3.79. The highest BCUT2D eigenvalue weighted by atomic mass is 79.9. The molecule has 0 saturated carbocycles. The molecule has 2 heteroatoms. The van der Waals surface area contributed by atoms with Crippen molar-refractivity contribution in [1.82, 2.24) is 0 Å². The van der Waals surface area contributed by atoms with E-state index in [0.29, 0.717) is 5.92 Å². The van der Waals surface area contributed by atoms with Crippen molar-refractivity contribution in [2.24, 2.45) is 5.92 Å². The number of alkyl halides is 1. The van der Waals surface area contributed by atoms with Crippen LogP contribution in [0.4, 0.5) is 0 Å². The van der Waals surface area contributed by atoms with Gasteiger partial charge in [-0.25, -0.2) is 0 Å². The number of aryl methyl sites for hydroxylation is 1. The minimum atomic E-state index is 0.559. The molecule has 0 aliphatic heterocycles. The van der Waals surface area contributed by atoms with Crippen LogP contribution in [0.3, 0.4) is 0 Å². The van der Waals surface area contributed by atoms with Crippen LogP contribution >= 0.6 is 15.9 Å². The van der Waals surface area contributed by atoms with E-state index in [4.69, 9.17) is 4.42 Å². The van der Waals surface area contributed by atoms with E-state index in [1.807, 2.05) is 6.07 Å². The average molecular weight is 243 g/mol. The number of furan rings is 1. The van der Waals surface area contributed by atoms with Crippen LogP contribution in [0.1, 0.15) is 25.2 Å². The third-order valence-corrected chi connectivity index (χ3v) is 2.76. The van der Waals surface area contributed by atoms with Gasteiger partial charge < -0.3 is 4.42 Å². The quantitative estimate of drug-likeness (QED) is 0.730. The van der Waals surface area contributed by atoms with Crippen LogP contribution < -0.4 is 0 Å². The van der Waals surface area contributed by atoms with Crippen molar-refractivity contribution >= 4 is 22.0 Å². The Morgan fingerprint density at radius 2 is 2.31 bits per heavy atom. The number of halogens is 1. The van der Waals surface area contributed by atoms with Gasteiger partial charge in [-0.2, -0.15) is 0 Å². The van der Waals surface area contributed by atoms with Crippen LogP contribution in [0.25, 0.3) is 6.08 Å². The fourth-order valence-electron chi connectivity index (χ4n) is 1.06. The van der Waals surface area contributed by atoms with E-state index in [2.05, 4.69) is 42.8 Å². The Labute approximate surface area is 88.0 Å². The molecule has 0 spiro atoms. The SMILES string of the molecule is Cc1ccoc1/C=C(\CBr)C(C)C. The summed E-state index contributed by atoms with van der Waals surface area (Å²) in [5, 5.41) is 0.908. The molecule has 1 aromatic heterocycles. The highest BCUT2D eigenvalue weighted by Gasteiger charge is 2.04. The Morgan fingerprint density at radius 1 is 1.62 bits per heavy atom. The maximum atomic E-state index is 5.35. The summed E-state index contributed by atoms with van der Waals surface area (Å²) in [4.78, 5) is 0. The Balaban J connectivity index is 2.91. The van der Waals surface area contributed by atoms with Gasteiger partial charge in [-0.05, 0) is 30.5 Å². The first kappa shape index (κ1) is 10.6. The monoisotopic (exact) mass is 242 g/mol. The summed E-state index contributed by atoms with van der Waals surface area (Å²) in [6.45, 7) is 6.43. The molecule has 0 saturated heterocycles. The van der Waals surface area contributed by atoms with Crippen LogP contribution in [-0.2, 0) is 0 Å². The molecule has 0 unspecified atom stereocenters. The van der Waals surface area contributed by atoms with Gasteiger partial charge in [0, 0.05) is 5.33 Å². The first-order valence-electron chi connectivity index (χ1n) is 4.45. The van der Waals surface area contributed by atoms with Gasteiger partial charge in [0.1, 0.15) is 5.76 Å². The van der Waals surface area contributed by atoms with Crippen molar-refractivity contribution < 1.29 is 4.42 Å². The topological polar surface area (TPSA) is 13.1 Å². The largest absolute Gasteiger partial charge is 0.465 e. The summed E-state index contributed by atoms with van der Waals surface area (Å²) in [7, 11) is 0. The van der Waals surface area contributed by atoms with Crippen LogP contribution in [0.5, 0.6) is 0 Å². The van der Waals surface area contributed by atoms with E-state index in [9.17, 15) is 0 Å². The maximum absolute atomic E-state index is 5.35. The van der Waals surface area contributed by atoms with Gasteiger partial charge in [0.2, 0.25) is 0 Å². The van der Waals surface area contributed by atoms with Crippen molar-refractivity contribution in [3.05, 3.63) is 29.2 Å². The van der Waals surface area contributed by atoms with Crippen LogP contribution in [0.2, 0.25) is 0 Å². The van der Waals surface area contributed by atoms with Crippen LogP contribution in [-0.4, -0.2) is 5.33 Å². The van der Waals surface area contributed by atoms with E-state index in [1.165, 1.54) is 11.1 Å². The van der Waals surface area contributed by atoms with Gasteiger partial charge in [-0.1, -0.05) is 35.4 Å². The maximum Gasteiger partial charge on any atom is 0.129 e. The third-order valence-electron chi connectivity index (χ3n) is 2.11. The lowest BCUT2D eigenvalue weighted by Crippen LogP contribution is -1.94. The number of hydrogen-bond donors (Lipinski definition) is 0. The highest BCUT2D eigenvalue weighted by Crippen LogP contribution is 2.19. The molecule has 1 nitrogen and oxygen atoms in total. The van der Waals surface area contributed by atoms with E-state index in [1.54, 1.807) is 6.26 Å². The lowest BCUT2D eigenvalue weighted by atomic mass is 10.0. The molecule has 0 N–H and O–H groups in total. The predicted octanol–water partition coefficient (Wildman–Crippen LogP) is 4.02. The zero-order chi connectivity index (χ0) is 9.84. The van der Waals surface area contributed by atoms with Gasteiger partial charge >= 0.3 is 0 Å². The molecule has 0 fully saturated rings. The lowest BCUT2D eigenvalue weighted by Gasteiger charge is -2.06. The predicted molar refractivity (Wildman–Crippen MR) is 60.1 cm³/mol. The molecule has 0 aromatic carbocycles. The molecule has 0 bridgehead atoms. The fourth-order valence-corrected chi connectivity index (χ4v) is 1.87. The molecule has 1 heterocycles. The first-order valence-corrected chi connectivity index (χ1v) is 5.57. The highest BCUT2D eigenvalue weighted by molar-refractivity contribution is 9.09. The van der Waals surface area contributed by atoms with Crippen molar-refractivity contribution in [1.29, 1.82) is 0 Å². The summed E-state index contributed by atoms with van der Waals surface area (Å²) in [6.07, 6.45) is 3.85. The van der Waals surface area contributed by atoms with Gasteiger partial charge in [0.25, 0.3) is 0 Å². The second-order valence-corrected chi connectivity index (χ2v) is 4.04. The molecule has 13 heavy (non-hydrogen) atoms. The van der Waals surface area contributed by atoms with Gasteiger partial charge in [0.15, 0.2) is 0 Å². The van der Waals surface area contributed by atoms with Crippen LogP contribution in [0.15, 0.2) is 22.3 Å². The molecule has 0 aliphatic rings. The Bertz CT molecular complexity index is 297. The van der Waals surface area contributed by atoms with Gasteiger partial charge in [-0.15, -0.1) is 0 Å². The smallest absolute Gasteiger partial charge is 0.129 e. The van der Waals surface area contributed by atoms with Crippen molar-refractivity contribution in [2.75, 3.05) is 5.33 Å². The zero-order valence-electron chi connectivity index (χ0n) is 8.30. The van der Waals surface area contributed by atoms with Crippen molar-refractivity contribution in [3.63, 3.8) is 0 Å². The van der Waals surface area contributed by atoms with E-state index in [0.717, 1.165) is 11.1 Å². The number of rotatable bonds is 3. The second-order valence-electron chi connectivity index (χ2n) is 3.48. The van der Waals surface area contributed by atoms with E-state index in [-0.39, 0.29) is 0 Å². The molecular formula is C11H15BrO. The Morgan fingerprint density at radius 3 is 2.69 bits per heavy atom. The fraction of sp³-hybridized carbons (Fsp3) is 0.455.